The summed E-state index contributed by atoms with van der Waals surface area (Å²) in [6.07, 6.45) is 5.77. The quantitative estimate of drug-likeness (QED) is 0.587. The molecule has 0 unspecified atom stereocenters. The summed E-state index contributed by atoms with van der Waals surface area (Å²) in [6.45, 7) is 4.66. The van der Waals surface area contributed by atoms with Crippen molar-refractivity contribution in [3.8, 4) is 5.75 Å². The summed E-state index contributed by atoms with van der Waals surface area (Å²) in [7, 11) is 0. The van der Waals surface area contributed by atoms with E-state index < -0.39 is 0 Å². The van der Waals surface area contributed by atoms with Crippen LogP contribution in [0, 0.1) is 5.92 Å². The molecule has 1 aromatic carbocycles. The lowest BCUT2D eigenvalue weighted by atomic mass is 9.90. The van der Waals surface area contributed by atoms with Crippen LogP contribution in [0.25, 0.3) is 0 Å². The lowest BCUT2D eigenvalue weighted by molar-refractivity contribution is -0.134. The van der Waals surface area contributed by atoms with Gasteiger partial charge in [0.1, 0.15) is 17.6 Å². The SMILES string of the molecule is CCCc1cc(C(=O)N2CC[C@H](Oc3cccc(Cl)c3)[C@@H](CC(=O)N3CCCCC3)C2)no1. The van der Waals surface area contributed by atoms with E-state index >= 15 is 0 Å². The second-order valence-electron chi connectivity index (χ2n) is 8.99. The third-order valence-electron chi connectivity index (χ3n) is 6.46. The van der Waals surface area contributed by atoms with Gasteiger partial charge in [0.05, 0.1) is 0 Å². The highest BCUT2D eigenvalue weighted by Gasteiger charge is 2.36. The van der Waals surface area contributed by atoms with Gasteiger partial charge in [-0.1, -0.05) is 29.7 Å². The molecule has 0 saturated carbocycles. The molecule has 0 N–H and O–H groups in total. The number of carbonyl (C=O) groups excluding carboxylic acids is 2. The third-order valence-corrected chi connectivity index (χ3v) is 6.69. The van der Waals surface area contributed by atoms with Gasteiger partial charge in [-0.05, 0) is 43.9 Å². The number of ether oxygens (including phenoxy) is 1. The molecule has 0 spiro atoms. The fourth-order valence-electron chi connectivity index (χ4n) is 4.70. The molecule has 2 fully saturated rings. The number of hydrogen-bond donors (Lipinski definition) is 0. The summed E-state index contributed by atoms with van der Waals surface area (Å²) >= 11 is 6.13. The zero-order valence-electron chi connectivity index (χ0n) is 19.2. The summed E-state index contributed by atoms with van der Waals surface area (Å²) in [5.74, 6) is 1.27. The molecular formula is C25H32ClN3O4. The van der Waals surface area contributed by atoms with Crippen LogP contribution in [0.15, 0.2) is 34.9 Å². The first-order valence-electron chi connectivity index (χ1n) is 12.0. The van der Waals surface area contributed by atoms with Crippen LogP contribution in [0.3, 0.4) is 0 Å². The van der Waals surface area contributed by atoms with E-state index in [1.165, 1.54) is 6.42 Å². The van der Waals surface area contributed by atoms with Crippen molar-refractivity contribution in [2.24, 2.45) is 5.92 Å². The first-order valence-corrected chi connectivity index (χ1v) is 12.4. The van der Waals surface area contributed by atoms with Crippen molar-refractivity contribution in [2.75, 3.05) is 26.2 Å². The molecule has 8 heteroatoms. The number of nitrogens with zero attached hydrogens (tertiary/aromatic N) is 3. The molecule has 178 valence electrons. The van der Waals surface area contributed by atoms with Crippen molar-refractivity contribution in [2.45, 2.75) is 58.0 Å². The predicted octanol–water partition coefficient (Wildman–Crippen LogP) is 4.59. The van der Waals surface area contributed by atoms with Crippen LogP contribution in [0.5, 0.6) is 5.75 Å². The van der Waals surface area contributed by atoms with Gasteiger partial charge in [0.15, 0.2) is 5.69 Å². The first-order chi connectivity index (χ1) is 16.0. The zero-order valence-corrected chi connectivity index (χ0v) is 19.9. The largest absolute Gasteiger partial charge is 0.490 e. The maximum Gasteiger partial charge on any atom is 0.276 e. The smallest absolute Gasteiger partial charge is 0.276 e. The maximum absolute atomic E-state index is 13.1. The average Bonchev–Trinajstić information content (AvgIpc) is 3.29. The molecular weight excluding hydrogens is 442 g/mol. The van der Waals surface area contributed by atoms with Gasteiger partial charge in [0.25, 0.3) is 5.91 Å². The van der Waals surface area contributed by atoms with Crippen LogP contribution < -0.4 is 4.74 Å². The van der Waals surface area contributed by atoms with Crippen LogP contribution in [-0.2, 0) is 11.2 Å². The van der Waals surface area contributed by atoms with Crippen molar-refractivity contribution < 1.29 is 18.8 Å². The highest BCUT2D eigenvalue weighted by Crippen LogP contribution is 2.29. The van der Waals surface area contributed by atoms with Gasteiger partial charge in [-0.25, -0.2) is 0 Å². The predicted molar refractivity (Wildman–Crippen MR) is 125 cm³/mol. The second-order valence-corrected chi connectivity index (χ2v) is 9.42. The van der Waals surface area contributed by atoms with E-state index in [0.29, 0.717) is 42.4 Å². The van der Waals surface area contributed by atoms with E-state index in [1.807, 2.05) is 17.0 Å². The topological polar surface area (TPSA) is 75.9 Å². The van der Waals surface area contributed by atoms with Crippen molar-refractivity contribution in [1.82, 2.24) is 15.0 Å². The summed E-state index contributed by atoms with van der Waals surface area (Å²) in [4.78, 5) is 29.9. The van der Waals surface area contributed by atoms with Gasteiger partial charge in [-0.3, -0.25) is 9.59 Å². The molecule has 7 nitrogen and oxygen atoms in total. The van der Waals surface area contributed by atoms with Gasteiger partial charge in [-0.2, -0.15) is 0 Å². The van der Waals surface area contributed by atoms with Crippen LogP contribution >= 0.6 is 11.6 Å². The Kier molecular flexibility index (Phi) is 7.91. The summed E-state index contributed by atoms with van der Waals surface area (Å²) in [5, 5.41) is 4.58. The lowest BCUT2D eigenvalue weighted by Gasteiger charge is -2.39. The van der Waals surface area contributed by atoms with E-state index in [1.54, 1.807) is 23.1 Å². The van der Waals surface area contributed by atoms with Gasteiger partial charge < -0.3 is 19.1 Å². The minimum Gasteiger partial charge on any atom is -0.490 e. The molecule has 2 amide bonds. The Morgan fingerprint density at radius 2 is 1.97 bits per heavy atom. The Morgan fingerprint density at radius 1 is 1.15 bits per heavy atom. The zero-order chi connectivity index (χ0) is 23.2. The number of likely N-dealkylation sites (tertiary alicyclic amines) is 2. The molecule has 1 aromatic heterocycles. The number of halogens is 1. The minimum atomic E-state index is -0.172. The second kappa shape index (κ2) is 11.1. The van der Waals surface area contributed by atoms with Crippen molar-refractivity contribution in [3.05, 3.63) is 46.8 Å². The van der Waals surface area contributed by atoms with E-state index in [9.17, 15) is 9.59 Å². The summed E-state index contributed by atoms with van der Waals surface area (Å²) in [5.41, 5.74) is 0.328. The Balaban J connectivity index is 1.47. The Labute approximate surface area is 200 Å². The fraction of sp³-hybridized carbons (Fsp3) is 0.560. The molecule has 2 aromatic rings. The van der Waals surface area contributed by atoms with Crippen LogP contribution in [0.1, 0.15) is 61.7 Å². The molecule has 2 atom stereocenters. The highest BCUT2D eigenvalue weighted by molar-refractivity contribution is 6.30. The van der Waals surface area contributed by atoms with Gasteiger partial charge in [0, 0.05) is 62.4 Å². The molecule has 4 rings (SSSR count). The molecule has 0 radical (unpaired) electrons. The number of hydrogen-bond acceptors (Lipinski definition) is 5. The monoisotopic (exact) mass is 473 g/mol. The van der Waals surface area contributed by atoms with E-state index in [4.69, 9.17) is 20.9 Å². The Bertz CT molecular complexity index is 957. The van der Waals surface area contributed by atoms with E-state index in [-0.39, 0.29) is 23.8 Å². The number of aromatic nitrogens is 1. The molecule has 33 heavy (non-hydrogen) atoms. The first kappa shape index (κ1) is 23.6. The van der Waals surface area contributed by atoms with Gasteiger partial charge in [0.2, 0.25) is 5.91 Å². The van der Waals surface area contributed by atoms with Crippen molar-refractivity contribution in [3.63, 3.8) is 0 Å². The third kappa shape index (κ3) is 6.08. The fourth-order valence-corrected chi connectivity index (χ4v) is 4.88. The molecule has 3 heterocycles. The normalized spacial score (nSPS) is 21.2. The average molecular weight is 474 g/mol. The number of piperidine rings is 2. The molecule has 2 aliphatic heterocycles. The molecule has 2 aliphatic rings. The van der Waals surface area contributed by atoms with E-state index in [0.717, 1.165) is 44.5 Å². The number of aryl methyl sites for hydroxylation is 1. The number of benzene rings is 1. The van der Waals surface area contributed by atoms with Crippen molar-refractivity contribution in [1.29, 1.82) is 0 Å². The lowest BCUT2D eigenvalue weighted by Crippen LogP contribution is -2.50. The number of rotatable bonds is 7. The maximum atomic E-state index is 13.1. The van der Waals surface area contributed by atoms with Gasteiger partial charge in [-0.15, -0.1) is 0 Å². The molecule has 0 bridgehead atoms. The standard InChI is InChI=1S/C25H32ClN3O4/c1-2-7-21-16-22(27-33-21)25(31)29-13-10-23(32-20-9-6-8-19(26)15-20)18(17-29)14-24(30)28-11-4-3-5-12-28/h6,8-9,15-16,18,23H,2-5,7,10-14,17H2,1H3/t18-,23-/m0/s1. The van der Waals surface area contributed by atoms with Crippen LogP contribution in [0.2, 0.25) is 5.02 Å². The minimum absolute atomic E-state index is 0.113. The molecule has 0 aliphatic carbocycles. The molecule has 2 saturated heterocycles. The highest BCUT2D eigenvalue weighted by atomic mass is 35.5. The summed E-state index contributed by atoms with van der Waals surface area (Å²) in [6, 6.07) is 9.04. The van der Waals surface area contributed by atoms with Crippen molar-refractivity contribution >= 4 is 23.4 Å². The Morgan fingerprint density at radius 3 is 2.73 bits per heavy atom. The summed E-state index contributed by atoms with van der Waals surface area (Å²) < 4.78 is 11.6. The number of carbonyl (C=O) groups is 2. The van der Waals surface area contributed by atoms with E-state index in [2.05, 4.69) is 12.1 Å². The van der Waals surface area contributed by atoms with Crippen LogP contribution in [0.4, 0.5) is 0 Å². The Hall–Kier alpha value is -2.54. The number of amides is 2. The van der Waals surface area contributed by atoms with Crippen LogP contribution in [-0.4, -0.2) is 59.1 Å². The van der Waals surface area contributed by atoms with Gasteiger partial charge >= 0.3 is 0 Å².